The van der Waals surface area contributed by atoms with Gasteiger partial charge in [0.05, 0.1) is 24.0 Å². The van der Waals surface area contributed by atoms with E-state index in [4.69, 9.17) is 9.47 Å². The van der Waals surface area contributed by atoms with E-state index < -0.39 is 0 Å². The Morgan fingerprint density at radius 2 is 2.12 bits per heavy atom. The minimum atomic E-state index is -0.117. The van der Waals surface area contributed by atoms with Crippen LogP contribution in [0.3, 0.4) is 0 Å². The number of benzene rings is 1. The topological polar surface area (TPSA) is 63.7 Å². The van der Waals surface area contributed by atoms with E-state index in [2.05, 4.69) is 10.3 Å². The first kappa shape index (κ1) is 17.2. The SMILES string of the molecule is COC[C@@H]1CCCN1C(=O)Nc1ccccc1OCc1ccccn1. The number of rotatable bonds is 6. The normalized spacial score (nSPS) is 16.7. The van der Waals surface area contributed by atoms with E-state index in [1.165, 1.54) is 0 Å². The summed E-state index contributed by atoms with van der Waals surface area (Å²) in [5.41, 5.74) is 1.50. The molecular formula is C19H23N3O3. The van der Waals surface area contributed by atoms with Crippen LogP contribution in [0.2, 0.25) is 0 Å². The Morgan fingerprint density at radius 3 is 2.92 bits per heavy atom. The molecule has 2 aromatic rings. The van der Waals surface area contributed by atoms with Crippen LogP contribution in [0.4, 0.5) is 10.5 Å². The van der Waals surface area contributed by atoms with Gasteiger partial charge in [-0.1, -0.05) is 18.2 Å². The van der Waals surface area contributed by atoms with Gasteiger partial charge >= 0.3 is 6.03 Å². The zero-order valence-electron chi connectivity index (χ0n) is 14.4. The lowest BCUT2D eigenvalue weighted by Gasteiger charge is -2.25. The fraction of sp³-hybridized carbons (Fsp3) is 0.368. The second-order valence-corrected chi connectivity index (χ2v) is 5.98. The molecule has 0 bridgehead atoms. The smallest absolute Gasteiger partial charge is 0.322 e. The monoisotopic (exact) mass is 341 g/mol. The molecule has 1 aliphatic rings. The number of carbonyl (C=O) groups is 1. The molecule has 0 spiro atoms. The van der Waals surface area contributed by atoms with Crippen molar-refractivity contribution in [2.45, 2.75) is 25.5 Å². The Balaban J connectivity index is 1.65. The molecule has 0 unspecified atom stereocenters. The highest BCUT2D eigenvalue weighted by atomic mass is 16.5. The Labute approximate surface area is 147 Å². The number of nitrogens with zero attached hydrogens (tertiary/aromatic N) is 2. The van der Waals surface area contributed by atoms with Gasteiger partial charge in [0.25, 0.3) is 0 Å². The van der Waals surface area contributed by atoms with Crippen molar-refractivity contribution in [1.29, 1.82) is 0 Å². The van der Waals surface area contributed by atoms with Crippen molar-refractivity contribution in [3.05, 3.63) is 54.4 Å². The predicted molar refractivity (Wildman–Crippen MR) is 95.6 cm³/mol. The van der Waals surface area contributed by atoms with E-state index in [1.807, 2.05) is 47.4 Å². The van der Waals surface area contributed by atoms with Crippen LogP contribution in [0.1, 0.15) is 18.5 Å². The van der Waals surface area contributed by atoms with E-state index in [0.717, 1.165) is 25.1 Å². The first-order valence-electron chi connectivity index (χ1n) is 8.46. The number of anilines is 1. The van der Waals surface area contributed by atoms with Gasteiger partial charge < -0.3 is 19.7 Å². The molecule has 1 aromatic carbocycles. The number of aromatic nitrogens is 1. The van der Waals surface area contributed by atoms with Crippen molar-refractivity contribution in [3.63, 3.8) is 0 Å². The van der Waals surface area contributed by atoms with E-state index in [-0.39, 0.29) is 12.1 Å². The zero-order chi connectivity index (χ0) is 17.5. The molecule has 3 rings (SSSR count). The summed E-state index contributed by atoms with van der Waals surface area (Å²) in [6.45, 7) is 1.66. The van der Waals surface area contributed by atoms with Crippen LogP contribution in [-0.4, -0.2) is 42.2 Å². The third kappa shape index (κ3) is 4.48. The second-order valence-electron chi connectivity index (χ2n) is 5.98. The summed E-state index contributed by atoms with van der Waals surface area (Å²) in [6, 6.07) is 13.1. The quantitative estimate of drug-likeness (QED) is 0.875. The fourth-order valence-electron chi connectivity index (χ4n) is 2.99. The van der Waals surface area contributed by atoms with Crippen LogP contribution < -0.4 is 10.1 Å². The maximum atomic E-state index is 12.6. The number of amides is 2. The first-order chi connectivity index (χ1) is 12.3. The number of methoxy groups -OCH3 is 1. The van der Waals surface area contributed by atoms with Gasteiger partial charge in [0, 0.05) is 19.9 Å². The maximum absolute atomic E-state index is 12.6. The number of hydrogen-bond acceptors (Lipinski definition) is 4. The molecule has 1 aromatic heterocycles. The summed E-state index contributed by atoms with van der Waals surface area (Å²) < 4.78 is 11.1. The standard InChI is InChI=1S/C19H23N3O3/c1-24-14-16-8-6-12-22(16)19(23)21-17-9-2-3-10-18(17)25-13-15-7-4-5-11-20-15/h2-5,7,9-11,16H,6,8,12-14H2,1H3,(H,21,23)/t16-/m0/s1. The summed E-state index contributed by atoms with van der Waals surface area (Å²) in [7, 11) is 1.66. The largest absolute Gasteiger partial charge is 0.485 e. The number of urea groups is 1. The summed E-state index contributed by atoms with van der Waals surface area (Å²) in [6.07, 6.45) is 3.70. The van der Waals surface area contributed by atoms with Gasteiger partial charge in [-0.05, 0) is 37.1 Å². The zero-order valence-corrected chi connectivity index (χ0v) is 14.4. The Hall–Kier alpha value is -2.60. The minimum absolute atomic E-state index is 0.117. The molecule has 1 saturated heterocycles. The molecular weight excluding hydrogens is 318 g/mol. The summed E-state index contributed by atoms with van der Waals surface area (Å²) in [4.78, 5) is 18.7. The number of carbonyl (C=O) groups excluding carboxylic acids is 1. The lowest BCUT2D eigenvalue weighted by molar-refractivity contribution is 0.128. The van der Waals surface area contributed by atoms with E-state index in [0.29, 0.717) is 24.7 Å². The van der Waals surface area contributed by atoms with Crippen LogP contribution >= 0.6 is 0 Å². The van der Waals surface area contributed by atoms with E-state index in [1.54, 1.807) is 13.3 Å². The van der Waals surface area contributed by atoms with Crippen LogP contribution in [0.25, 0.3) is 0 Å². The van der Waals surface area contributed by atoms with Crippen LogP contribution in [-0.2, 0) is 11.3 Å². The summed E-state index contributed by atoms with van der Waals surface area (Å²) >= 11 is 0. The third-order valence-electron chi connectivity index (χ3n) is 4.23. The highest BCUT2D eigenvalue weighted by Gasteiger charge is 2.29. The second kappa shape index (κ2) is 8.48. The third-order valence-corrected chi connectivity index (χ3v) is 4.23. The van der Waals surface area contributed by atoms with Gasteiger partial charge in [-0.15, -0.1) is 0 Å². The van der Waals surface area contributed by atoms with Crippen molar-refractivity contribution in [3.8, 4) is 5.75 Å². The van der Waals surface area contributed by atoms with Gasteiger partial charge in [-0.25, -0.2) is 4.79 Å². The van der Waals surface area contributed by atoms with E-state index >= 15 is 0 Å². The molecule has 132 valence electrons. The molecule has 25 heavy (non-hydrogen) atoms. The van der Waals surface area contributed by atoms with Crippen molar-refractivity contribution >= 4 is 11.7 Å². The molecule has 1 fully saturated rings. The number of ether oxygens (including phenoxy) is 2. The van der Waals surface area contributed by atoms with Crippen molar-refractivity contribution in [2.24, 2.45) is 0 Å². The molecule has 6 heteroatoms. The molecule has 0 aliphatic carbocycles. The minimum Gasteiger partial charge on any atom is -0.485 e. The molecule has 1 aliphatic heterocycles. The molecule has 1 N–H and O–H groups in total. The van der Waals surface area contributed by atoms with Crippen molar-refractivity contribution in [2.75, 3.05) is 25.6 Å². The molecule has 6 nitrogen and oxygen atoms in total. The van der Waals surface area contributed by atoms with Crippen LogP contribution in [0.15, 0.2) is 48.7 Å². The fourth-order valence-corrected chi connectivity index (χ4v) is 2.99. The maximum Gasteiger partial charge on any atom is 0.322 e. The molecule has 1 atom stereocenters. The summed E-state index contributed by atoms with van der Waals surface area (Å²) in [5.74, 6) is 0.629. The molecule has 2 heterocycles. The average Bonchev–Trinajstić information content (AvgIpc) is 3.11. The number of hydrogen-bond donors (Lipinski definition) is 1. The highest BCUT2D eigenvalue weighted by Crippen LogP contribution is 2.26. The Kier molecular flexibility index (Phi) is 5.85. The van der Waals surface area contributed by atoms with Crippen LogP contribution in [0, 0.1) is 0 Å². The van der Waals surface area contributed by atoms with Gasteiger partial charge in [0.1, 0.15) is 12.4 Å². The predicted octanol–water partition coefficient (Wildman–Crippen LogP) is 3.30. The lowest BCUT2D eigenvalue weighted by atomic mass is 10.2. The molecule has 0 radical (unpaired) electrons. The number of nitrogens with one attached hydrogen (secondary N) is 1. The number of pyridine rings is 1. The van der Waals surface area contributed by atoms with Gasteiger partial charge in [0.15, 0.2) is 0 Å². The molecule has 2 amide bonds. The van der Waals surface area contributed by atoms with E-state index in [9.17, 15) is 4.79 Å². The first-order valence-corrected chi connectivity index (χ1v) is 8.46. The van der Waals surface area contributed by atoms with Crippen LogP contribution in [0.5, 0.6) is 5.75 Å². The Bertz CT molecular complexity index is 693. The van der Waals surface area contributed by atoms with Gasteiger partial charge in [0.2, 0.25) is 0 Å². The highest BCUT2D eigenvalue weighted by molar-refractivity contribution is 5.91. The van der Waals surface area contributed by atoms with Gasteiger partial charge in [-0.3, -0.25) is 4.98 Å². The van der Waals surface area contributed by atoms with Crippen molar-refractivity contribution < 1.29 is 14.3 Å². The average molecular weight is 341 g/mol. The van der Waals surface area contributed by atoms with Crippen molar-refractivity contribution in [1.82, 2.24) is 9.88 Å². The van der Waals surface area contributed by atoms with Gasteiger partial charge in [-0.2, -0.15) is 0 Å². The lowest BCUT2D eigenvalue weighted by Crippen LogP contribution is -2.40. The number of para-hydroxylation sites is 2. The molecule has 0 saturated carbocycles. The summed E-state index contributed by atoms with van der Waals surface area (Å²) in [5, 5.41) is 2.96. The Morgan fingerprint density at radius 1 is 1.28 bits per heavy atom. The number of likely N-dealkylation sites (tertiary alicyclic amines) is 1.